The summed E-state index contributed by atoms with van der Waals surface area (Å²) in [5.74, 6) is 1.78. The van der Waals surface area contributed by atoms with Crippen LogP contribution in [0.15, 0.2) is 185 Å². The highest BCUT2D eigenvalue weighted by Crippen LogP contribution is 2.45. The van der Waals surface area contributed by atoms with Crippen LogP contribution in [0.2, 0.25) is 0 Å². The van der Waals surface area contributed by atoms with Gasteiger partial charge >= 0.3 is 0 Å². The fraction of sp³-hybridized carbons (Fsp3) is 0. The Hall–Kier alpha value is -7.63. The van der Waals surface area contributed by atoms with E-state index >= 15 is 0 Å². The van der Waals surface area contributed by atoms with Gasteiger partial charge in [0.25, 0.3) is 0 Å². The molecule has 0 amide bonds. The minimum Gasteiger partial charge on any atom is -0.456 e. The molecule has 260 valence electrons. The van der Waals surface area contributed by atoms with Crippen LogP contribution in [-0.2, 0) is 0 Å². The van der Waals surface area contributed by atoms with Gasteiger partial charge in [0.1, 0.15) is 22.3 Å². The van der Waals surface area contributed by atoms with Gasteiger partial charge in [0, 0.05) is 43.8 Å². The summed E-state index contributed by atoms with van der Waals surface area (Å²) in [6, 6.07) is 60.9. The molecular weight excluding hydrogens is 687 g/mol. The van der Waals surface area contributed by atoms with Crippen molar-refractivity contribution in [2.75, 3.05) is 0 Å². The zero-order valence-electron chi connectivity index (χ0n) is 29.9. The van der Waals surface area contributed by atoms with Crippen LogP contribution in [0, 0.1) is 0 Å². The quantitative estimate of drug-likeness (QED) is 0.170. The SMILES string of the molecule is c1ccc(-c2nc(-c3ccc4c(ccc5ccccc54)c3)nc(-c3cccc4oc5cccc(-c6cccc7c6oc6cc8ccccc8cc67)c5c34)n2)cc1. The molecule has 0 aliphatic heterocycles. The number of nitrogens with zero attached hydrogens (tertiary/aromatic N) is 3. The summed E-state index contributed by atoms with van der Waals surface area (Å²) in [6.45, 7) is 0. The average Bonchev–Trinajstić information content (AvgIpc) is 3.83. The minimum absolute atomic E-state index is 0.573. The first-order chi connectivity index (χ1) is 27.7. The van der Waals surface area contributed by atoms with Gasteiger partial charge < -0.3 is 8.83 Å². The largest absolute Gasteiger partial charge is 0.456 e. The first-order valence-corrected chi connectivity index (χ1v) is 18.8. The molecule has 56 heavy (non-hydrogen) atoms. The summed E-state index contributed by atoms with van der Waals surface area (Å²) >= 11 is 0. The average molecular weight is 716 g/mol. The van der Waals surface area contributed by atoms with Crippen LogP contribution in [0.1, 0.15) is 0 Å². The van der Waals surface area contributed by atoms with Crippen molar-refractivity contribution in [2.45, 2.75) is 0 Å². The van der Waals surface area contributed by atoms with Crippen molar-refractivity contribution in [3.05, 3.63) is 176 Å². The summed E-state index contributed by atoms with van der Waals surface area (Å²) in [7, 11) is 0. The third-order valence-electron chi connectivity index (χ3n) is 11.1. The number of para-hydroxylation sites is 1. The van der Waals surface area contributed by atoms with Crippen LogP contribution in [0.3, 0.4) is 0 Å². The molecule has 0 fully saturated rings. The van der Waals surface area contributed by atoms with Crippen LogP contribution >= 0.6 is 0 Å². The highest BCUT2D eigenvalue weighted by Gasteiger charge is 2.22. The highest BCUT2D eigenvalue weighted by atomic mass is 16.3. The minimum atomic E-state index is 0.573. The molecular formula is C51H29N3O2. The number of benzene rings is 9. The van der Waals surface area contributed by atoms with Crippen LogP contribution in [0.4, 0.5) is 0 Å². The maximum atomic E-state index is 6.72. The number of hydrogen-bond acceptors (Lipinski definition) is 5. The summed E-state index contributed by atoms with van der Waals surface area (Å²) in [5.41, 5.74) is 7.96. The molecule has 0 unspecified atom stereocenters. The summed E-state index contributed by atoms with van der Waals surface area (Å²) in [5, 5.41) is 11.2. The zero-order valence-corrected chi connectivity index (χ0v) is 29.9. The lowest BCUT2D eigenvalue weighted by molar-refractivity contribution is 0.669. The fourth-order valence-corrected chi connectivity index (χ4v) is 8.47. The van der Waals surface area contributed by atoms with Gasteiger partial charge in [0.15, 0.2) is 17.5 Å². The van der Waals surface area contributed by atoms with Crippen molar-refractivity contribution in [3.63, 3.8) is 0 Å². The zero-order chi connectivity index (χ0) is 36.7. The lowest BCUT2D eigenvalue weighted by Gasteiger charge is -2.11. The Morgan fingerprint density at radius 2 is 0.911 bits per heavy atom. The third kappa shape index (κ3) is 4.71. The lowest BCUT2D eigenvalue weighted by atomic mass is 9.95. The highest BCUT2D eigenvalue weighted by molar-refractivity contribution is 6.21. The predicted octanol–water partition coefficient (Wildman–Crippen LogP) is 13.8. The van der Waals surface area contributed by atoms with E-state index in [0.717, 1.165) is 82.5 Å². The molecule has 0 atom stereocenters. The molecule has 12 aromatic rings. The van der Waals surface area contributed by atoms with Crippen molar-refractivity contribution in [3.8, 4) is 45.3 Å². The van der Waals surface area contributed by atoms with E-state index in [1.165, 1.54) is 21.5 Å². The number of rotatable bonds is 4. The van der Waals surface area contributed by atoms with Crippen molar-refractivity contribution in [1.29, 1.82) is 0 Å². The lowest BCUT2D eigenvalue weighted by Crippen LogP contribution is -2.00. The van der Waals surface area contributed by atoms with Gasteiger partial charge in [-0.2, -0.15) is 0 Å². The van der Waals surface area contributed by atoms with Crippen molar-refractivity contribution >= 4 is 76.2 Å². The van der Waals surface area contributed by atoms with Gasteiger partial charge in [-0.3, -0.25) is 0 Å². The van der Waals surface area contributed by atoms with E-state index < -0.39 is 0 Å². The third-order valence-corrected chi connectivity index (χ3v) is 11.1. The maximum absolute atomic E-state index is 6.72. The monoisotopic (exact) mass is 715 g/mol. The predicted molar refractivity (Wildman–Crippen MR) is 229 cm³/mol. The Morgan fingerprint density at radius 1 is 0.304 bits per heavy atom. The normalized spacial score (nSPS) is 11.9. The van der Waals surface area contributed by atoms with Crippen LogP contribution in [0.25, 0.3) is 121 Å². The molecule has 0 bridgehead atoms. The van der Waals surface area contributed by atoms with E-state index in [2.05, 4.69) is 121 Å². The first kappa shape index (κ1) is 30.8. The van der Waals surface area contributed by atoms with Gasteiger partial charge in [-0.1, -0.05) is 146 Å². The van der Waals surface area contributed by atoms with Crippen LogP contribution in [-0.4, -0.2) is 15.0 Å². The topological polar surface area (TPSA) is 65.0 Å². The van der Waals surface area contributed by atoms with E-state index in [1.807, 2.05) is 54.6 Å². The van der Waals surface area contributed by atoms with Crippen molar-refractivity contribution < 1.29 is 8.83 Å². The Labute approximate surface area is 320 Å². The molecule has 3 aromatic heterocycles. The molecule has 0 aliphatic rings. The smallest absolute Gasteiger partial charge is 0.164 e. The van der Waals surface area contributed by atoms with Crippen LogP contribution < -0.4 is 0 Å². The van der Waals surface area contributed by atoms with E-state index in [-0.39, 0.29) is 0 Å². The van der Waals surface area contributed by atoms with Crippen molar-refractivity contribution in [1.82, 2.24) is 15.0 Å². The second-order valence-electron chi connectivity index (χ2n) is 14.3. The Morgan fingerprint density at radius 3 is 1.75 bits per heavy atom. The number of fused-ring (bicyclic) bond motifs is 10. The Bertz CT molecular complexity index is 3550. The molecule has 0 saturated carbocycles. The summed E-state index contributed by atoms with van der Waals surface area (Å²) in [6.07, 6.45) is 0. The molecule has 3 heterocycles. The van der Waals surface area contributed by atoms with E-state index in [1.54, 1.807) is 0 Å². The molecule has 0 radical (unpaired) electrons. The molecule has 0 spiro atoms. The standard InChI is InChI=1S/C51H29N3O2/c1-2-12-31(13-3-1)49-52-50(35-25-26-37-34(27-35)24-23-30-11-6-7-16-36(30)37)54-51(53-49)41-20-10-22-44-47(41)46-38(17-9-21-43(46)55-44)39-18-8-19-40-42-28-32-14-4-5-15-33(32)29-45(42)56-48(39)40/h1-29H. The van der Waals surface area contributed by atoms with Crippen molar-refractivity contribution in [2.24, 2.45) is 0 Å². The second kappa shape index (κ2) is 11.9. The Kier molecular flexibility index (Phi) is 6.56. The number of aromatic nitrogens is 3. The summed E-state index contributed by atoms with van der Waals surface area (Å²) in [4.78, 5) is 15.5. The molecule has 0 N–H and O–H groups in total. The molecule has 0 aliphatic carbocycles. The first-order valence-electron chi connectivity index (χ1n) is 18.8. The molecule has 5 heteroatoms. The molecule has 5 nitrogen and oxygen atoms in total. The van der Waals surface area contributed by atoms with Crippen LogP contribution in [0.5, 0.6) is 0 Å². The second-order valence-corrected chi connectivity index (χ2v) is 14.3. The molecule has 9 aromatic carbocycles. The maximum Gasteiger partial charge on any atom is 0.164 e. The number of hydrogen-bond donors (Lipinski definition) is 0. The van der Waals surface area contributed by atoms with Gasteiger partial charge in [0.05, 0.1) is 0 Å². The fourth-order valence-electron chi connectivity index (χ4n) is 8.47. The van der Waals surface area contributed by atoms with Gasteiger partial charge in [0.2, 0.25) is 0 Å². The van der Waals surface area contributed by atoms with E-state index in [9.17, 15) is 0 Å². The van der Waals surface area contributed by atoms with E-state index in [0.29, 0.717) is 17.5 Å². The van der Waals surface area contributed by atoms with Gasteiger partial charge in [-0.05, 0) is 68.2 Å². The number of furan rings is 2. The van der Waals surface area contributed by atoms with Gasteiger partial charge in [-0.15, -0.1) is 0 Å². The van der Waals surface area contributed by atoms with E-state index in [4.69, 9.17) is 23.8 Å². The molecule has 12 rings (SSSR count). The molecule has 0 saturated heterocycles. The Balaban J connectivity index is 1.10. The van der Waals surface area contributed by atoms with Gasteiger partial charge in [-0.25, -0.2) is 15.0 Å². The summed E-state index contributed by atoms with van der Waals surface area (Å²) < 4.78 is 13.3.